The first-order valence-corrected chi connectivity index (χ1v) is 15.7. The van der Waals surface area contributed by atoms with E-state index in [9.17, 15) is 0 Å². The van der Waals surface area contributed by atoms with Crippen molar-refractivity contribution in [2.45, 2.75) is 38.5 Å². The zero-order valence-corrected chi connectivity index (χ0v) is 26.1. The second-order valence-electron chi connectivity index (χ2n) is 12.1. The highest BCUT2D eigenvalue weighted by Gasteiger charge is 2.21. The largest absolute Gasteiger partial charge is 0.341 e. The van der Waals surface area contributed by atoms with Crippen LogP contribution in [0.25, 0.3) is 0 Å². The molecule has 0 spiro atoms. The minimum absolute atomic E-state index is 1.08. The number of nitrogens with zero attached hydrogens (tertiary/aromatic N) is 4. The zero-order chi connectivity index (χ0) is 29.3. The summed E-state index contributed by atoms with van der Waals surface area (Å²) in [6.45, 7) is 4.40. The summed E-state index contributed by atoms with van der Waals surface area (Å²) in [6, 6.07) is 35.5. The Morgan fingerprint density at radius 2 is 0.690 bits per heavy atom. The van der Waals surface area contributed by atoms with Crippen molar-refractivity contribution in [2.75, 3.05) is 64.2 Å². The van der Waals surface area contributed by atoms with Crippen molar-refractivity contribution in [3.63, 3.8) is 0 Å². The van der Waals surface area contributed by atoms with Gasteiger partial charge in [-0.25, -0.2) is 0 Å². The van der Waals surface area contributed by atoms with Crippen LogP contribution in [0.4, 0.5) is 22.7 Å². The third-order valence-corrected chi connectivity index (χ3v) is 8.43. The molecule has 0 bridgehead atoms. The van der Waals surface area contributed by atoms with Gasteiger partial charge >= 0.3 is 0 Å². The van der Waals surface area contributed by atoms with Gasteiger partial charge in [-0.15, -0.1) is 0 Å². The van der Waals surface area contributed by atoms with E-state index in [1.54, 1.807) is 0 Å². The van der Waals surface area contributed by atoms with Crippen molar-refractivity contribution in [3.8, 4) is 0 Å². The lowest BCUT2D eigenvalue weighted by Crippen LogP contribution is -2.23. The van der Waals surface area contributed by atoms with Crippen LogP contribution in [0.15, 0.2) is 97.1 Å². The van der Waals surface area contributed by atoms with E-state index in [0.29, 0.717) is 0 Å². The molecular weight excluding hydrogens is 512 g/mol. The molecule has 0 saturated carbocycles. The smallest absolute Gasteiger partial charge is 0.0443 e. The Labute approximate surface area is 254 Å². The Balaban J connectivity index is 0.000000168. The van der Waals surface area contributed by atoms with E-state index in [-0.39, 0.29) is 0 Å². The number of rotatable bonds is 8. The van der Waals surface area contributed by atoms with Crippen LogP contribution in [0, 0.1) is 0 Å². The van der Waals surface area contributed by atoms with Gasteiger partial charge in [0.2, 0.25) is 0 Å². The van der Waals surface area contributed by atoms with Crippen molar-refractivity contribution in [2.24, 2.45) is 0 Å². The lowest BCUT2D eigenvalue weighted by atomic mass is 10.0. The molecule has 4 heteroatoms. The molecule has 0 amide bonds. The van der Waals surface area contributed by atoms with Crippen LogP contribution in [0.5, 0.6) is 0 Å². The molecule has 0 aliphatic carbocycles. The summed E-state index contributed by atoms with van der Waals surface area (Å²) in [5.74, 6) is 0. The van der Waals surface area contributed by atoms with E-state index in [4.69, 9.17) is 0 Å². The highest BCUT2D eigenvalue weighted by atomic mass is 15.2. The van der Waals surface area contributed by atoms with Crippen LogP contribution in [0.1, 0.15) is 35.1 Å². The van der Waals surface area contributed by atoms with Gasteiger partial charge in [0.1, 0.15) is 0 Å². The van der Waals surface area contributed by atoms with Crippen molar-refractivity contribution >= 4 is 22.7 Å². The molecule has 4 aromatic carbocycles. The minimum Gasteiger partial charge on any atom is -0.341 e. The molecule has 0 saturated heterocycles. The number of hydrogen-bond donors (Lipinski definition) is 0. The van der Waals surface area contributed by atoms with Gasteiger partial charge < -0.3 is 19.6 Å². The summed E-state index contributed by atoms with van der Waals surface area (Å²) in [5, 5.41) is 0. The molecule has 4 aromatic rings. The average Bonchev–Trinajstić information content (AvgIpc) is 3.26. The first-order chi connectivity index (χ1) is 20.5. The third-order valence-electron chi connectivity index (χ3n) is 8.43. The Morgan fingerprint density at radius 3 is 0.952 bits per heavy atom. The number of aryl methyl sites for hydroxylation is 4. The number of benzene rings is 4. The van der Waals surface area contributed by atoms with E-state index < -0.39 is 0 Å². The van der Waals surface area contributed by atoms with Crippen LogP contribution in [-0.4, -0.2) is 64.2 Å². The second-order valence-corrected chi connectivity index (χ2v) is 12.1. The molecule has 0 radical (unpaired) electrons. The predicted octanol–water partition coefficient (Wildman–Crippen LogP) is 7.75. The first-order valence-electron chi connectivity index (χ1n) is 15.7. The third kappa shape index (κ3) is 7.42. The van der Waals surface area contributed by atoms with Gasteiger partial charge in [-0.05, 0) is 126 Å². The SMILES string of the molecule is CN(C)CCCN1c2ccccc2CCc2ccccc21.CN(C)CCCN1c2ccccc2CCc2ccccc21. The van der Waals surface area contributed by atoms with Crippen LogP contribution in [0.3, 0.4) is 0 Å². The number of fused-ring (bicyclic) bond motifs is 4. The fourth-order valence-electron chi connectivity index (χ4n) is 6.31. The zero-order valence-electron chi connectivity index (χ0n) is 26.1. The quantitative estimate of drug-likeness (QED) is 0.218. The lowest BCUT2D eigenvalue weighted by molar-refractivity contribution is 0.402. The van der Waals surface area contributed by atoms with Crippen LogP contribution in [-0.2, 0) is 25.7 Å². The summed E-state index contributed by atoms with van der Waals surface area (Å²) in [4.78, 5) is 9.55. The van der Waals surface area contributed by atoms with E-state index >= 15 is 0 Å². The maximum atomic E-state index is 2.52. The van der Waals surface area contributed by atoms with Gasteiger partial charge in [0.25, 0.3) is 0 Å². The van der Waals surface area contributed by atoms with Gasteiger partial charge in [-0.3, -0.25) is 0 Å². The van der Waals surface area contributed by atoms with E-state index in [0.717, 1.165) is 51.9 Å². The van der Waals surface area contributed by atoms with Gasteiger partial charge in [-0.2, -0.15) is 0 Å². The molecule has 2 aliphatic heterocycles. The molecule has 6 rings (SSSR count). The molecule has 220 valence electrons. The number of para-hydroxylation sites is 4. The molecule has 4 nitrogen and oxygen atoms in total. The fraction of sp³-hybridized carbons (Fsp3) is 0.368. The van der Waals surface area contributed by atoms with Crippen LogP contribution >= 0.6 is 0 Å². The van der Waals surface area contributed by atoms with Crippen LogP contribution in [0.2, 0.25) is 0 Å². The van der Waals surface area contributed by atoms with Crippen molar-refractivity contribution in [3.05, 3.63) is 119 Å². The van der Waals surface area contributed by atoms with Gasteiger partial charge in [0.15, 0.2) is 0 Å². The Hall–Kier alpha value is -3.60. The van der Waals surface area contributed by atoms with Gasteiger partial charge in [0, 0.05) is 35.8 Å². The monoisotopic (exact) mass is 560 g/mol. The topological polar surface area (TPSA) is 13.0 Å². The highest BCUT2D eigenvalue weighted by Crippen LogP contribution is 2.37. The molecule has 0 N–H and O–H groups in total. The first kappa shape index (κ1) is 29.9. The van der Waals surface area contributed by atoms with Crippen molar-refractivity contribution < 1.29 is 0 Å². The van der Waals surface area contributed by atoms with E-state index in [2.05, 4.69) is 145 Å². The number of hydrogen-bond acceptors (Lipinski definition) is 4. The molecule has 0 unspecified atom stereocenters. The molecular formula is C38H48N4. The van der Waals surface area contributed by atoms with Crippen molar-refractivity contribution in [1.29, 1.82) is 0 Å². The predicted molar refractivity (Wildman–Crippen MR) is 181 cm³/mol. The Bertz CT molecular complexity index is 1220. The normalized spacial score (nSPS) is 13.8. The Morgan fingerprint density at radius 1 is 0.429 bits per heavy atom. The molecule has 2 heterocycles. The minimum atomic E-state index is 1.08. The highest BCUT2D eigenvalue weighted by molar-refractivity contribution is 5.72. The fourth-order valence-corrected chi connectivity index (χ4v) is 6.31. The standard InChI is InChI=1S/2C19H24N2/c2*1-20(2)14-7-15-21-18-10-5-3-8-16(18)12-13-17-9-4-6-11-19(17)21/h2*3-6,8-11H,7,12-15H2,1-2H3. The summed E-state index contributed by atoms with van der Waals surface area (Å²) in [6.07, 6.45) is 6.90. The summed E-state index contributed by atoms with van der Waals surface area (Å²) in [7, 11) is 8.57. The number of anilines is 4. The van der Waals surface area contributed by atoms with E-state index in [1.807, 2.05) is 0 Å². The lowest BCUT2D eigenvalue weighted by Gasteiger charge is -2.27. The maximum Gasteiger partial charge on any atom is 0.0443 e. The Kier molecular flexibility index (Phi) is 10.3. The molecule has 0 fully saturated rings. The van der Waals surface area contributed by atoms with Gasteiger partial charge in [-0.1, -0.05) is 72.8 Å². The summed E-state index contributed by atoms with van der Waals surface area (Å²) >= 11 is 0. The van der Waals surface area contributed by atoms with E-state index in [1.165, 1.54) is 57.8 Å². The molecule has 0 aromatic heterocycles. The second kappa shape index (κ2) is 14.5. The van der Waals surface area contributed by atoms with Crippen molar-refractivity contribution in [1.82, 2.24) is 9.80 Å². The summed E-state index contributed by atoms with van der Waals surface area (Å²) in [5.41, 5.74) is 11.4. The molecule has 2 aliphatic rings. The molecule has 0 atom stereocenters. The van der Waals surface area contributed by atoms with Gasteiger partial charge in [0.05, 0.1) is 0 Å². The maximum absolute atomic E-state index is 2.52. The average molecular weight is 561 g/mol. The molecule has 42 heavy (non-hydrogen) atoms. The summed E-state index contributed by atoms with van der Waals surface area (Å²) < 4.78 is 0. The van der Waals surface area contributed by atoms with Crippen LogP contribution < -0.4 is 9.80 Å².